The quantitative estimate of drug-likeness (QED) is 0.740. The van der Waals surface area contributed by atoms with E-state index in [0.29, 0.717) is 12.2 Å². The third-order valence-electron chi connectivity index (χ3n) is 2.12. The van der Waals surface area contributed by atoms with E-state index in [-0.39, 0.29) is 5.75 Å². The van der Waals surface area contributed by atoms with Crippen LogP contribution in [-0.4, -0.2) is 27.3 Å². The number of aryl methyl sites for hydroxylation is 1. The Morgan fingerprint density at radius 3 is 2.38 bits per heavy atom. The van der Waals surface area contributed by atoms with Gasteiger partial charge in [0.2, 0.25) is 10.0 Å². The van der Waals surface area contributed by atoms with Crippen LogP contribution >= 0.6 is 0 Å². The molecule has 0 spiro atoms. The Bertz CT molecular complexity index is 412. The monoisotopic (exact) mass is 242 g/mol. The zero-order valence-corrected chi connectivity index (χ0v) is 10.5. The number of anilines is 1. The number of rotatable bonds is 6. The number of nitrogens with one attached hydrogen (secondary N) is 2. The predicted octanol–water partition coefficient (Wildman–Crippen LogP) is 1.35. The maximum Gasteiger partial charge on any atom is 0.233 e. The van der Waals surface area contributed by atoms with E-state index in [9.17, 15) is 8.42 Å². The first kappa shape index (κ1) is 13.0. The molecule has 0 fully saturated rings. The van der Waals surface area contributed by atoms with Crippen LogP contribution in [0.15, 0.2) is 24.3 Å². The summed E-state index contributed by atoms with van der Waals surface area (Å²) in [6.07, 6.45) is 0. The molecule has 0 radical (unpaired) electrons. The molecule has 1 aromatic carbocycles. The summed E-state index contributed by atoms with van der Waals surface area (Å²) in [6, 6.07) is 7.28. The van der Waals surface area contributed by atoms with E-state index in [1.807, 2.05) is 26.0 Å². The van der Waals surface area contributed by atoms with Crippen LogP contribution in [0.5, 0.6) is 0 Å². The average Bonchev–Trinajstić information content (AvgIpc) is 2.21. The topological polar surface area (TPSA) is 58.2 Å². The number of benzene rings is 1. The van der Waals surface area contributed by atoms with E-state index >= 15 is 0 Å². The van der Waals surface area contributed by atoms with Crippen molar-refractivity contribution in [1.29, 1.82) is 0 Å². The summed E-state index contributed by atoms with van der Waals surface area (Å²) in [5.74, 6) is 0.0920. The van der Waals surface area contributed by atoms with Crippen molar-refractivity contribution >= 4 is 15.7 Å². The second-order valence-electron chi connectivity index (χ2n) is 3.64. The van der Waals surface area contributed by atoms with Crippen molar-refractivity contribution in [2.75, 3.05) is 23.6 Å². The van der Waals surface area contributed by atoms with Gasteiger partial charge >= 0.3 is 0 Å². The van der Waals surface area contributed by atoms with Crippen molar-refractivity contribution in [3.8, 4) is 0 Å². The van der Waals surface area contributed by atoms with Crippen LogP contribution in [0.25, 0.3) is 0 Å². The number of sulfonamides is 1. The minimum Gasteiger partial charge on any atom is -0.316 e. The Hall–Kier alpha value is -1.07. The molecule has 90 valence electrons. The van der Waals surface area contributed by atoms with Gasteiger partial charge in [-0.2, -0.15) is 0 Å². The normalized spacial score (nSPS) is 11.4. The Labute approximate surface area is 97.1 Å². The summed E-state index contributed by atoms with van der Waals surface area (Å²) in [5.41, 5.74) is 1.72. The lowest BCUT2D eigenvalue weighted by atomic mass is 10.2. The molecular weight excluding hydrogens is 224 g/mol. The standard InChI is InChI=1S/C11H18N2O2S/c1-3-12-8-9-16(14,15)13-11-6-4-10(2)5-7-11/h4-7,12-13H,3,8-9H2,1-2H3. The minimum atomic E-state index is -3.23. The van der Waals surface area contributed by atoms with Crippen LogP contribution in [0.1, 0.15) is 12.5 Å². The molecule has 1 rings (SSSR count). The van der Waals surface area contributed by atoms with Crippen LogP contribution in [-0.2, 0) is 10.0 Å². The first-order chi connectivity index (χ1) is 7.53. The van der Waals surface area contributed by atoms with E-state index in [0.717, 1.165) is 12.1 Å². The van der Waals surface area contributed by atoms with Gasteiger partial charge in [0.05, 0.1) is 5.75 Å². The van der Waals surface area contributed by atoms with Crippen LogP contribution in [0.2, 0.25) is 0 Å². The summed E-state index contributed by atoms with van der Waals surface area (Å²) in [4.78, 5) is 0. The van der Waals surface area contributed by atoms with Crippen molar-refractivity contribution in [3.63, 3.8) is 0 Å². The third kappa shape index (κ3) is 4.63. The average molecular weight is 242 g/mol. The molecule has 0 aromatic heterocycles. The van der Waals surface area contributed by atoms with Gasteiger partial charge in [0.25, 0.3) is 0 Å². The highest BCUT2D eigenvalue weighted by atomic mass is 32.2. The molecule has 0 aliphatic rings. The van der Waals surface area contributed by atoms with Gasteiger partial charge in [-0.1, -0.05) is 24.6 Å². The molecular formula is C11H18N2O2S. The van der Waals surface area contributed by atoms with E-state index < -0.39 is 10.0 Å². The molecule has 16 heavy (non-hydrogen) atoms. The molecule has 0 aliphatic carbocycles. The van der Waals surface area contributed by atoms with Crippen LogP contribution in [0, 0.1) is 6.92 Å². The minimum absolute atomic E-state index is 0.0920. The van der Waals surface area contributed by atoms with Gasteiger partial charge in [-0.3, -0.25) is 4.72 Å². The van der Waals surface area contributed by atoms with Crippen LogP contribution in [0.4, 0.5) is 5.69 Å². The summed E-state index contributed by atoms with van der Waals surface area (Å²) >= 11 is 0. The largest absolute Gasteiger partial charge is 0.316 e. The summed E-state index contributed by atoms with van der Waals surface area (Å²) in [5, 5.41) is 2.98. The molecule has 0 bridgehead atoms. The predicted molar refractivity (Wildman–Crippen MR) is 67.1 cm³/mol. The van der Waals surface area contributed by atoms with Gasteiger partial charge < -0.3 is 5.32 Å². The van der Waals surface area contributed by atoms with E-state index in [4.69, 9.17) is 0 Å². The highest BCUT2D eigenvalue weighted by Crippen LogP contribution is 2.10. The fourth-order valence-corrected chi connectivity index (χ4v) is 2.25. The van der Waals surface area contributed by atoms with Gasteiger partial charge in [-0.25, -0.2) is 8.42 Å². The van der Waals surface area contributed by atoms with Crippen molar-refractivity contribution in [2.24, 2.45) is 0 Å². The van der Waals surface area contributed by atoms with E-state index in [2.05, 4.69) is 10.0 Å². The van der Waals surface area contributed by atoms with Crippen LogP contribution < -0.4 is 10.0 Å². The molecule has 1 aromatic rings. The molecule has 0 atom stereocenters. The van der Waals surface area contributed by atoms with Gasteiger partial charge in [0.1, 0.15) is 0 Å². The lowest BCUT2D eigenvalue weighted by molar-refractivity contribution is 0.597. The van der Waals surface area contributed by atoms with Crippen molar-refractivity contribution in [3.05, 3.63) is 29.8 Å². The molecule has 4 nitrogen and oxygen atoms in total. The number of hydrogen-bond donors (Lipinski definition) is 2. The Morgan fingerprint density at radius 2 is 1.81 bits per heavy atom. The van der Waals surface area contributed by atoms with Crippen LogP contribution in [0.3, 0.4) is 0 Å². The second-order valence-corrected chi connectivity index (χ2v) is 5.48. The summed E-state index contributed by atoms with van der Waals surface area (Å²) < 4.78 is 25.8. The molecule has 0 unspecified atom stereocenters. The van der Waals surface area contributed by atoms with Gasteiger partial charge in [0.15, 0.2) is 0 Å². The maximum atomic E-state index is 11.6. The lowest BCUT2D eigenvalue weighted by Gasteiger charge is -2.08. The Morgan fingerprint density at radius 1 is 1.19 bits per heavy atom. The first-order valence-electron chi connectivity index (χ1n) is 5.31. The van der Waals surface area contributed by atoms with Gasteiger partial charge in [-0.15, -0.1) is 0 Å². The van der Waals surface area contributed by atoms with E-state index in [1.54, 1.807) is 12.1 Å². The lowest BCUT2D eigenvalue weighted by Crippen LogP contribution is -2.26. The van der Waals surface area contributed by atoms with Gasteiger partial charge in [0, 0.05) is 12.2 Å². The highest BCUT2D eigenvalue weighted by Gasteiger charge is 2.08. The highest BCUT2D eigenvalue weighted by molar-refractivity contribution is 7.92. The van der Waals surface area contributed by atoms with Gasteiger partial charge in [-0.05, 0) is 25.6 Å². The Kier molecular flexibility index (Phi) is 4.76. The van der Waals surface area contributed by atoms with Crippen molar-refractivity contribution < 1.29 is 8.42 Å². The molecule has 0 saturated heterocycles. The Balaban J connectivity index is 2.55. The SMILES string of the molecule is CCNCCS(=O)(=O)Nc1ccc(C)cc1. The fraction of sp³-hybridized carbons (Fsp3) is 0.455. The number of hydrogen-bond acceptors (Lipinski definition) is 3. The zero-order chi connectivity index (χ0) is 12.0. The van der Waals surface area contributed by atoms with Crippen molar-refractivity contribution in [1.82, 2.24) is 5.32 Å². The third-order valence-corrected chi connectivity index (χ3v) is 3.41. The second kappa shape index (κ2) is 5.86. The zero-order valence-electron chi connectivity index (χ0n) is 9.66. The maximum absolute atomic E-state index is 11.6. The molecule has 0 heterocycles. The van der Waals surface area contributed by atoms with E-state index in [1.165, 1.54) is 0 Å². The summed E-state index contributed by atoms with van der Waals surface area (Å²) in [7, 11) is -3.23. The molecule has 0 aliphatic heterocycles. The summed E-state index contributed by atoms with van der Waals surface area (Å²) in [6.45, 7) is 5.15. The molecule has 0 saturated carbocycles. The molecule has 2 N–H and O–H groups in total. The first-order valence-corrected chi connectivity index (χ1v) is 6.96. The fourth-order valence-electron chi connectivity index (χ4n) is 1.24. The molecule has 0 amide bonds. The smallest absolute Gasteiger partial charge is 0.233 e. The van der Waals surface area contributed by atoms with Crippen molar-refractivity contribution in [2.45, 2.75) is 13.8 Å². The molecule has 5 heteroatoms.